The summed E-state index contributed by atoms with van der Waals surface area (Å²) in [6, 6.07) is 12.8. The molecule has 0 fully saturated rings. The number of Topliss-reactive ketones (excluding diaryl/α,β-unsaturated/α-hetero) is 1. The number of aryl methyl sites for hydroxylation is 1. The lowest BCUT2D eigenvalue weighted by atomic mass is 10.1. The predicted molar refractivity (Wildman–Crippen MR) is 138 cm³/mol. The Kier molecular flexibility index (Phi) is 9.59. The number of sulfonamides is 1. The Balaban J connectivity index is 2.49. The molecule has 8 nitrogen and oxygen atoms in total. The first kappa shape index (κ1) is 28.0. The van der Waals surface area contributed by atoms with Gasteiger partial charge in [-0.1, -0.05) is 43.3 Å². The molecule has 190 valence electrons. The first-order chi connectivity index (χ1) is 16.3. The summed E-state index contributed by atoms with van der Waals surface area (Å²) in [4.78, 5) is 40.0. The fourth-order valence-corrected chi connectivity index (χ4v) is 4.61. The number of anilines is 1. The third kappa shape index (κ3) is 7.65. The van der Waals surface area contributed by atoms with E-state index in [1.165, 1.54) is 24.0 Å². The van der Waals surface area contributed by atoms with Gasteiger partial charge < -0.3 is 10.2 Å². The minimum Gasteiger partial charge on any atom is -0.352 e. The van der Waals surface area contributed by atoms with E-state index in [1.54, 1.807) is 12.1 Å². The minimum atomic E-state index is -3.87. The largest absolute Gasteiger partial charge is 0.352 e. The lowest BCUT2D eigenvalue weighted by Gasteiger charge is -2.33. The molecule has 0 unspecified atom stereocenters. The summed E-state index contributed by atoms with van der Waals surface area (Å²) in [6.07, 6.45) is 1.37. The van der Waals surface area contributed by atoms with Gasteiger partial charge >= 0.3 is 0 Å². The van der Waals surface area contributed by atoms with Gasteiger partial charge in [-0.25, -0.2) is 8.42 Å². The maximum absolute atomic E-state index is 13.7. The lowest BCUT2D eigenvalue weighted by molar-refractivity contribution is -0.140. The van der Waals surface area contributed by atoms with Crippen LogP contribution in [0.1, 0.15) is 55.6 Å². The van der Waals surface area contributed by atoms with Crippen molar-refractivity contribution in [3.8, 4) is 0 Å². The Morgan fingerprint density at radius 1 is 1.03 bits per heavy atom. The van der Waals surface area contributed by atoms with Crippen LogP contribution in [0.2, 0.25) is 0 Å². The van der Waals surface area contributed by atoms with Crippen LogP contribution in [0.5, 0.6) is 0 Å². The maximum Gasteiger partial charge on any atom is 0.244 e. The van der Waals surface area contributed by atoms with E-state index in [2.05, 4.69) is 5.32 Å². The van der Waals surface area contributed by atoms with Gasteiger partial charge in [0.05, 0.1) is 11.9 Å². The van der Waals surface area contributed by atoms with Crippen LogP contribution in [0.3, 0.4) is 0 Å². The number of hydrogen-bond acceptors (Lipinski definition) is 5. The molecule has 2 amide bonds. The SMILES string of the molecule is CC[C@@H](C(=O)NC(C)C)N(Cc1ccccc1C)C(=O)CN(c1cccc(C(C)=O)c1)S(C)(=O)=O. The van der Waals surface area contributed by atoms with Gasteiger partial charge in [-0.05, 0) is 57.4 Å². The number of nitrogens with one attached hydrogen (secondary N) is 1. The zero-order chi connectivity index (χ0) is 26.3. The molecule has 0 bridgehead atoms. The van der Waals surface area contributed by atoms with Crippen molar-refractivity contribution < 1.29 is 22.8 Å². The Bertz CT molecular complexity index is 1180. The number of benzene rings is 2. The van der Waals surface area contributed by atoms with Crippen LogP contribution in [-0.4, -0.2) is 55.8 Å². The van der Waals surface area contributed by atoms with Crippen molar-refractivity contribution in [1.29, 1.82) is 0 Å². The summed E-state index contributed by atoms with van der Waals surface area (Å²) in [5, 5.41) is 2.86. The zero-order valence-corrected chi connectivity index (χ0v) is 22.1. The van der Waals surface area contributed by atoms with Gasteiger partial charge in [0.25, 0.3) is 0 Å². The van der Waals surface area contributed by atoms with Crippen LogP contribution in [-0.2, 0) is 26.2 Å². The molecule has 9 heteroatoms. The van der Waals surface area contributed by atoms with Gasteiger partial charge in [0.2, 0.25) is 21.8 Å². The van der Waals surface area contributed by atoms with Crippen molar-refractivity contribution in [2.75, 3.05) is 17.1 Å². The number of ketones is 1. The van der Waals surface area contributed by atoms with Gasteiger partial charge in [0, 0.05) is 18.2 Å². The quantitative estimate of drug-likeness (QED) is 0.476. The second-order valence-corrected chi connectivity index (χ2v) is 10.8. The van der Waals surface area contributed by atoms with Gasteiger partial charge in [-0.2, -0.15) is 0 Å². The van der Waals surface area contributed by atoms with Gasteiger partial charge in [-0.3, -0.25) is 18.7 Å². The molecule has 0 aliphatic rings. The smallest absolute Gasteiger partial charge is 0.244 e. The highest BCUT2D eigenvalue weighted by Gasteiger charge is 2.32. The van der Waals surface area contributed by atoms with E-state index in [0.717, 1.165) is 21.7 Å². The topological polar surface area (TPSA) is 104 Å². The first-order valence-electron chi connectivity index (χ1n) is 11.6. The lowest BCUT2D eigenvalue weighted by Crippen LogP contribution is -2.53. The van der Waals surface area contributed by atoms with Gasteiger partial charge in [0.15, 0.2) is 5.78 Å². The highest BCUT2D eigenvalue weighted by molar-refractivity contribution is 7.92. The summed E-state index contributed by atoms with van der Waals surface area (Å²) >= 11 is 0. The molecular formula is C26H35N3O5S. The molecule has 0 aliphatic heterocycles. The van der Waals surface area contributed by atoms with Crippen molar-refractivity contribution >= 4 is 33.3 Å². The number of carbonyl (C=O) groups is 3. The van der Waals surface area contributed by atoms with E-state index in [1.807, 2.05) is 52.0 Å². The minimum absolute atomic E-state index is 0.117. The summed E-state index contributed by atoms with van der Waals surface area (Å²) in [5.41, 5.74) is 2.37. The van der Waals surface area contributed by atoms with E-state index < -0.39 is 28.5 Å². The summed E-state index contributed by atoms with van der Waals surface area (Å²) in [5.74, 6) is -1.03. The summed E-state index contributed by atoms with van der Waals surface area (Å²) in [7, 11) is -3.87. The number of rotatable bonds is 11. The van der Waals surface area contributed by atoms with E-state index in [4.69, 9.17) is 0 Å². The van der Waals surface area contributed by atoms with E-state index in [-0.39, 0.29) is 30.0 Å². The van der Waals surface area contributed by atoms with Crippen LogP contribution in [0.15, 0.2) is 48.5 Å². The molecule has 0 saturated heterocycles. The number of nitrogens with zero attached hydrogens (tertiary/aromatic N) is 2. The van der Waals surface area contributed by atoms with Crippen LogP contribution in [0, 0.1) is 6.92 Å². The molecule has 0 aromatic heterocycles. The average molecular weight is 502 g/mol. The van der Waals surface area contributed by atoms with Crippen molar-refractivity contribution in [3.05, 3.63) is 65.2 Å². The molecule has 0 spiro atoms. The fraction of sp³-hybridized carbons (Fsp3) is 0.423. The molecule has 35 heavy (non-hydrogen) atoms. The summed E-state index contributed by atoms with van der Waals surface area (Å²) < 4.78 is 26.4. The van der Waals surface area contributed by atoms with Crippen molar-refractivity contribution in [1.82, 2.24) is 10.2 Å². The monoisotopic (exact) mass is 501 g/mol. The molecule has 0 saturated carbocycles. The second-order valence-electron chi connectivity index (χ2n) is 8.91. The second kappa shape index (κ2) is 12.0. The number of amides is 2. The molecule has 2 aromatic carbocycles. The molecule has 2 aromatic rings. The molecule has 0 heterocycles. The van der Waals surface area contributed by atoms with E-state index in [0.29, 0.717) is 12.0 Å². The fourth-order valence-electron chi connectivity index (χ4n) is 3.76. The molecule has 1 N–H and O–H groups in total. The highest BCUT2D eigenvalue weighted by Crippen LogP contribution is 2.22. The molecule has 0 aliphatic carbocycles. The van der Waals surface area contributed by atoms with Crippen molar-refractivity contribution in [2.45, 2.75) is 59.7 Å². The molecule has 2 rings (SSSR count). The van der Waals surface area contributed by atoms with E-state index in [9.17, 15) is 22.8 Å². The van der Waals surface area contributed by atoms with Crippen LogP contribution < -0.4 is 9.62 Å². The summed E-state index contributed by atoms with van der Waals surface area (Å²) in [6.45, 7) is 8.45. The van der Waals surface area contributed by atoms with Crippen LogP contribution in [0.4, 0.5) is 5.69 Å². The average Bonchev–Trinajstić information content (AvgIpc) is 2.77. The molecule has 1 atom stereocenters. The Hall–Kier alpha value is -3.20. The van der Waals surface area contributed by atoms with Crippen LogP contribution >= 0.6 is 0 Å². The number of carbonyl (C=O) groups excluding carboxylic acids is 3. The van der Waals surface area contributed by atoms with Crippen molar-refractivity contribution in [2.24, 2.45) is 0 Å². The third-order valence-electron chi connectivity index (χ3n) is 5.64. The maximum atomic E-state index is 13.7. The first-order valence-corrected chi connectivity index (χ1v) is 13.4. The normalized spacial score (nSPS) is 12.2. The highest BCUT2D eigenvalue weighted by atomic mass is 32.2. The Labute approximate surface area is 208 Å². The molecule has 0 radical (unpaired) electrons. The zero-order valence-electron chi connectivity index (χ0n) is 21.2. The third-order valence-corrected chi connectivity index (χ3v) is 6.78. The standard InChI is InChI=1S/C26H35N3O5S/c1-7-24(26(32)27-18(2)3)28(16-22-12-9-8-11-19(22)4)25(31)17-29(35(6,33)34)23-14-10-13-21(15-23)20(5)30/h8-15,18,24H,7,16-17H2,1-6H3,(H,27,32)/t24-/m0/s1. The predicted octanol–water partition coefficient (Wildman–Crippen LogP) is 3.30. The molecular weight excluding hydrogens is 466 g/mol. The van der Waals surface area contributed by atoms with Crippen LogP contribution in [0.25, 0.3) is 0 Å². The van der Waals surface area contributed by atoms with Crippen molar-refractivity contribution in [3.63, 3.8) is 0 Å². The number of hydrogen-bond donors (Lipinski definition) is 1. The Morgan fingerprint density at radius 3 is 2.23 bits per heavy atom. The van der Waals surface area contributed by atoms with E-state index >= 15 is 0 Å². The Morgan fingerprint density at radius 2 is 1.69 bits per heavy atom. The van der Waals surface area contributed by atoms with Gasteiger partial charge in [-0.15, -0.1) is 0 Å². The van der Waals surface area contributed by atoms with Gasteiger partial charge in [0.1, 0.15) is 12.6 Å².